The number of hydrogen-bond acceptors (Lipinski definition) is 5. The summed E-state index contributed by atoms with van der Waals surface area (Å²) in [5, 5.41) is 14.3. The SMILES string of the molecule is COCCOCCNCc1cc([N+](=O)[O-])ccc1Cl. The average molecular weight is 289 g/mol. The van der Waals surface area contributed by atoms with E-state index in [2.05, 4.69) is 5.32 Å². The maximum absolute atomic E-state index is 10.7. The van der Waals surface area contributed by atoms with Crippen LogP contribution >= 0.6 is 11.6 Å². The van der Waals surface area contributed by atoms with Crippen LogP contribution in [-0.2, 0) is 16.0 Å². The Balaban J connectivity index is 2.32. The van der Waals surface area contributed by atoms with Gasteiger partial charge in [0, 0.05) is 37.4 Å². The molecule has 1 aromatic carbocycles. The van der Waals surface area contributed by atoms with E-state index >= 15 is 0 Å². The van der Waals surface area contributed by atoms with Crippen molar-refractivity contribution in [2.75, 3.05) is 33.5 Å². The maximum Gasteiger partial charge on any atom is 0.269 e. The number of hydrogen-bond donors (Lipinski definition) is 1. The van der Waals surface area contributed by atoms with E-state index in [1.54, 1.807) is 7.11 Å². The molecule has 1 N–H and O–H groups in total. The normalized spacial score (nSPS) is 10.6. The average Bonchev–Trinajstić information content (AvgIpc) is 2.39. The van der Waals surface area contributed by atoms with Crippen LogP contribution in [-0.4, -0.2) is 38.4 Å². The molecule has 0 atom stereocenters. The molecule has 0 heterocycles. The molecule has 0 spiro atoms. The van der Waals surface area contributed by atoms with Crippen molar-refractivity contribution in [3.8, 4) is 0 Å². The molecular weight excluding hydrogens is 272 g/mol. The van der Waals surface area contributed by atoms with E-state index < -0.39 is 4.92 Å². The minimum absolute atomic E-state index is 0.0394. The van der Waals surface area contributed by atoms with Crippen LogP contribution in [0.2, 0.25) is 5.02 Å². The van der Waals surface area contributed by atoms with Crippen LogP contribution < -0.4 is 5.32 Å². The van der Waals surface area contributed by atoms with Gasteiger partial charge in [0.05, 0.1) is 24.7 Å². The number of nitro groups is 1. The summed E-state index contributed by atoms with van der Waals surface area (Å²) in [6.45, 7) is 2.78. The summed E-state index contributed by atoms with van der Waals surface area (Å²) in [6, 6.07) is 4.40. The summed E-state index contributed by atoms with van der Waals surface area (Å²) in [5.41, 5.74) is 0.741. The molecule has 6 nitrogen and oxygen atoms in total. The highest BCUT2D eigenvalue weighted by molar-refractivity contribution is 6.31. The first-order valence-corrected chi connectivity index (χ1v) is 6.23. The van der Waals surface area contributed by atoms with Gasteiger partial charge in [0.2, 0.25) is 0 Å². The zero-order valence-corrected chi connectivity index (χ0v) is 11.5. The van der Waals surface area contributed by atoms with Crippen molar-refractivity contribution >= 4 is 17.3 Å². The van der Waals surface area contributed by atoms with Crippen LogP contribution in [0.1, 0.15) is 5.56 Å². The largest absolute Gasteiger partial charge is 0.382 e. The summed E-state index contributed by atoms with van der Waals surface area (Å²) in [6.07, 6.45) is 0. The van der Waals surface area contributed by atoms with Crippen LogP contribution in [0, 0.1) is 10.1 Å². The fourth-order valence-corrected chi connectivity index (χ4v) is 1.61. The number of non-ortho nitro benzene ring substituents is 1. The minimum atomic E-state index is -0.437. The lowest BCUT2D eigenvalue weighted by Gasteiger charge is -2.07. The van der Waals surface area contributed by atoms with Gasteiger partial charge in [0.15, 0.2) is 0 Å². The molecule has 19 heavy (non-hydrogen) atoms. The summed E-state index contributed by atoms with van der Waals surface area (Å²) in [7, 11) is 1.62. The van der Waals surface area contributed by atoms with E-state index in [-0.39, 0.29) is 5.69 Å². The van der Waals surface area contributed by atoms with Crippen molar-refractivity contribution in [1.29, 1.82) is 0 Å². The Morgan fingerprint density at radius 2 is 2.16 bits per heavy atom. The molecule has 0 aliphatic heterocycles. The summed E-state index contributed by atoms with van der Waals surface area (Å²) in [5.74, 6) is 0. The molecule has 0 unspecified atom stereocenters. The number of nitro benzene ring substituents is 1. The summed E-state index contributed by atoms with van der Waals surface area (Å²) in [4.78, 5) is 10.2. The van der Waals surface area contributed by atoms with E-state index in [0.29, 0.717) is 43.5 Å². The van der Waals surface area contributed by atoms with Crippen LogP contribution in [0.4, 0.5) is 5.69 Å². The van der Waals surface area contributed by atoms with Gasteiger partial charge in [-0.05, 0) is 11.6 Å². The second-order valence-electron chi connectivity index (χ2n) is 3.81. The van der Waals surface area contributed by atoms with E-state index in [9.17, 15) is 10.1 Å². The first-order chi connectivity index (χ1) is 9.15. The van der Waals surface area contributed by atoms with Crippen LogP contribution in [0.5, 0.6) is 0 Å². The first-order valence-electron chi connectivity index (χ1n) is 5.85. The lowest BCUT2D eigenvalue weighted by atomic mass is 10.2. The number of benzene rings is 1. The number of halogens is 1. The summed E-state index contributed by atoms with van der Waals surface area (Å²) >= 11 is 5.97. The van der Waals surface area contributed by atoms with Crippen molar-refractivity contribution in [2.24, 2.45) is 0 Å². The molecule has 0 radical (unpaired) electrons. The third-order valence-corrected chi connectivity index (χ3v) is 2.78. The fourth-order valence-electron chi connectivity index (χ4n) is 1.42. The van der Waals surface area contributed by atoms with Crippen molar-refractivity contribution in [3.05, 3.63) is 38.9 Å². The lowest BCUT2D eigenvalue weighted by Crippen LogP contribution is -2.20. The van der Waals surface area contributed by atoms with Gasteiger partial charge in [-0.1, -0.05) is 11.6 Å². The third-order valence-electron chi connectivity index (χ3n) is 2.41. The number of nitrogens with one attached hydrogen (secondary N) is 1. The molecule has 7 heteroatoms. The Morgan fingerprint density at radius 3 is 2.84 bits per heavy atom. The number of methoxy groups -OCH3 is 1. The smallest absolute Gasteiger partial charge is 0.269 e. The van der Waals surface area contributed by atoms with Gasteiger partial charge in [-0.2, -0.15) is 0 Å². The zero-order valence-electron chi connectivity index (χ0n) is 10.7. The molecule has 0 bridgehead atoms. The molecule has 0 fully saturated rings. The second kappa shape index (κ2) is 8.82. The van der Waals surface area contributed by atoms with E-state index in [1.165, 1.54) is 18.2 Å². The molecule has 1 aromatic rings. The van der Waals surface area contributed by atoms with Gasteiger partial charge < -0.3 is 14.8 Å². The number of nitrogens with zero attached hydrogens (tertiary/aromatic N) is 1. The minimum Gasteiger partial charge on any atom is -0.382 e. The Labute approximate surface area is 116 Å². The summed E-state index contributed by atoms with van der Waals surface area (Å²) < 4.78 is 10.1. The van der Waals surface area contributed by atoms with Crippen molar-refractivity contribution < 1.29 is 14.4 Å². The highest BCUT2D eigenvalue weighted by atomic mass is 35.5. The van der Waals surface area contributed by atoms with E-state index in [1.807, 2.05) is 0 Å². The van der Waals surface area contributed by atoms with Gasteiger partial charge >= 0.3 is 0 Å². The molecule has 0 aliphatic carbocycles. The van der Waals surface area contributed by atoms with Crippen molar-refractivity contribution in [3.63, 3.8) is 0 Å². The first kappa shape index (κ1) is 15.8. The number of rotatable bonds is 9. The Morgan fingerprint density at radius 1 is 1.37 bits per heavy atom. The Kier molecular flexibility index (Phi) is 7.35. The predicted molar refractivity (Wildman–Crippen MR) is 72.5 cm³/mol. The quantitative estimate of drug-likeness (QED) is 0.427. The highest BCUT2D eigenvalue weighted by Crippen LogP contribution is 2.21. The molecule has 0 aliphatic rings. The van der Waals surface area contributed by atoms with Crippen LogP contribution in [0.15, 0.2) is 18.2 Å². The Hall–Kier alpha value is -1.21. The Bertz CT molecular complexity index is 415. The topological polar surface area (TPSA) is 73.6 Å². The predicted octanol–water partition coefficient (Wildman–Crippen LogP) is 2.00. The molecule has 1 rings (SSSR count). The standard InChI is InChI=1S/C12H17ClN2O4/c1-18-6-7-19-5-4-14-9-10-8-11(15(16)17)2-3-12(10)13/h2-3,8,14H,4-7,9H2,1H3. The van der Waals surface area contributed by atoms with Crippen molar-refractivity contribution in [1.82, 2.24) is 5.32 Å². The zero-order chi connectivity index (χ0) is 14.1. The van der Waals surface area contributed by atoms with Gasteiger partial charge in [0.1, 0.15) is 0 Å². The molecule has 0 saturated carbocycles. The third kappa shape index (κ3) is 5.98. The molecule has 0 aromatic heterocycles. The van der Waals surface area contributed by atoms with Crippen LogP contribution in [0.25, 0.3) is 0 Å². The van der Waals surface area contributed by atoms with Crippen molar-refractivity contribution in [2.45, 2.75) is 6.54 Å². The second-order valence-corrected chi connectivity index (χ2v) is 4.22. The fraction of sp³-hybridized carbons (Fsp3) is 0.500. The van der Waals surface area contributed by atoms with Gasteiger partial charge in [0.25, 0.3) is 5.69 Å². The van der Waals surface area contributed by atoms with Gasteiger partial charge in [-0.25, -0.2) is 0 Å². The number of ether oxygens (including phenoxy) is 2. The monoisotopic (exact) mass is 288 g/mol. The molecule has 106 valence electrons. The highest BCUT2D eigenvalue weighted by Gasteiger charge is 2.09. The lowest BCUT2D eigenvalue weighted by molar-refractivity contribution is -0.384. The van der Waals surface area contributed by atoms with Crippen LogP contribution in [0.3, 0.4) is 0 Å². The maximum atomic E-state index is 10.7. The van der Waals surface area contributed by atoms with Gasteiger partial charge in [-0.15, -0.1) is 0 Å². The van der Waals surface area contributed by atoms with Gasteiger partial charge in [-0.3, -0.25) is 10.1 Å². The van der Waals surface area contributed by atoms with E-state index in [0.717, 1.165) is 0 Å². The molecule has 0 amide bonds. The molecular formula is C12H17ClN2O4. The molecule has 0 saturated heterocycles. The van der Waals surface area contributed by atoms with E-state index in [4.69, 9.17) is 21.1 Å².